The van der Waals surface area contributed by atoms with Crippen molar-refractivity contribution in [1.29, 1.82) is 10.0 Å². The third-order valence-electron chi connectivity index (χ3n) is 4.41. The first-order valence-corrected chi connectivity index (χ1v) is 10.5. The van der Waals surface area contributed by atoms with E-state index in [9.17, 15) is 13.4 Å². The maximum absolute atomic E-state index is 13.6. The van der Waals surface area contributed by atoms with Crippen molar-refractivity contribution in [2.75, 3.05) is 5.32 Å². The Morgan fingerprint density at radius 2 is 2.24 bits per heavy atom. The molecule has 2 atom stereocenters. The minimum atomic E-state index is -3.33. The Balaban J connectivity index is 2.01. The van der Waals surface area contributed by atoms with Crippen molar-refractivity contribution in [3.8, 4) is 6.07 Å². The Hall–Kier alpha value is -3.03. The molecule has 29 heavy (non-hydrogen) atoms. The summed E-state index contributed by atoms with van der Waals surface area (Å²) in [7, 11) is -1.72. The second kappa shape index (κ2) is 7.77. The van der Waals surface area contributed by atoms with Gasteiger partial charge in [-0.25, -0.2) is 18.7 Å². The van der Waals surface area contributed by atoms with E-state index in [4.69, 9.17) is 10.0 Å². The second-order valence-electron chi connectivity index (χ2n) is 7.27. The molecule has 0 bridgehead atoms. The van der Waals surface area contributed by atoms with E-state index in [0.29, 0.717) is 17.9 Å². The van der Waals surface area contributed by atoms with Crippen LogP contribution in [0.1, 0.15) is 42.0 Å². The third kappa shape index (κ3) is 4.36. The van der Waals surface area contributed by atoms with Gasteiger partial charge in [0.15, 0.2) is 0 Å². The summed E-state index contributed by atoms with van der Waals surface area (Å²) in [6, 6.07) is 3.72. The molecule has 0 aliphatic carbocycles. The summed E-state index contributed by atoms with van der Waals surface area (Å²) in [6.45, 7) is 4.06. The molecule has 0 fully saturated rings. The number of anilines is 1. The van der Waals surface area contributed by atoms with Gasteiger partial charge in [0.2, 0.25) is 5.95 Å². The zero-order valence-corrected chi connectivity index (χ0v) is 17.0. The highest BCUT2D eigenvalue weighted by Gasteiger charge is 2.28. The Kier molecular flexibility index (Phi) is 5.55. The fraction of sp³-hybridized carbons (Fsp3) is 0.316. The Morgan fingerprint density at radius 3 is 2.90 bits per heavy atom. The highest BCUT2D eigenvalue weighted by Crippen LogP contribution is 2.28. The first-order valence-electron chi connectivity index (χ1n) is 8.93. The van der Waals surface area contributed by atoms with Crippen LogP contribution in [0.2, 0.25) is 0 Å². The lowest BCUT2D eigenvalue weighted by Crippen LogP contribution is -2.32. The molecule has 0 radical (unpaired) electrons. The van der Waals surface area contributed by atoms with Crippen molar-refractivity contribution in [3.05, 3.63) is 47.3 Å². The van der Waals surface area contributed by atoms with Crippen LogP contribution in [0.25, 0.3) is 6.08 Å². The molecule has 1 aliphatic heterocycles. The van der Waals surface area contributed by atoms with E-state index in [-0.39, 0.29) is 28.0 Å². The molecule has 3 N–H and O–H groups in total. The fourth-order valence-electron chi connectivity index (χ4n) is 3.27. The number of hydrogen-bond acceptors (Lipinski definition) is 5. The standard InChI is InChI=1S/C19H21FN6O2S/c1-11(2)6-12-4-5-15-16(29(22,28)25-12)10-26(3)18(15)19(27)24-13-7-14(9-21)23-17(20)8-13/h4-5,7-8,10-12H,6H2,1-3H3,(H2,22,25,28)(H,23,24,27)/t12-,29?/m1/s1. The summed E-state index contributed by atoms with van der Waals surface area (Å²) >= 11 is 0. The van der Waals surface area contributed by atoms with Gasteiger partial charge in [0.05, 0.1) is 4.90 Å². The smallest absolute Gasteiger partial charge is 0.272 e. The quantitative estimate of drug-likeness (QED) is 0.663. The van der Waals surface area contributed by atoms with Gasteiger partial charge in [-0.3, -0.25) is 4.79 Å². The molecule has 0 saturated heterocycles. The number of aryl methyl sites for hydroxylation is 1. The molecule has 0 spiro atoms. The number of carbonyl (C=O) groups excluding carboxylic acids is 1. The van der Waals surface area contributed by atoms with E-state index in [1.165, 1.54) is 16.8 Å². The van der Waals surface area contributed by atoms with Crippen molar-refractivity contribution in [2.45, 2.75) is 31.2 Å². The van der Waals surface area contributed by atoms with E-state index in [0.717, 1.165) is 6.07 Å². The molecule has 2 aromatic heterocycles. The number of halogens is 1. The van der Waals surface area contributed by atoms with E-state index >= 15 is 0 Å². The minimum absolute atomic E-state index is 0.0778. The van der Waals surface area contributed by atoms with Gasteiger partial charge in [-0.15, -0.1) is 0 Å². The number of amides is 1. The van der Waals surface area contributed by atoms with Crippen LogP contribution in [0.4, 0.5) is 10.1 Å². The van der Waals surface area contributed by atoms with Gasteiger partial charge in [0.25, 0.3) is 5.91 Å². The monoisotopic (exact) mass is 416 g/mol. The van der Waals surface area contributed by atoms with Crippen molar-refractivity contribution in [1.82, 2.24) is 14.3 Å². The maximum atomic E-state index is 13.6. The zero-order valence-electron chi connectivity index (χ0n) is 16.2. The molecule has 8 nitrogen and oxygen atoms in total. The molecule has 3 heterocycles. The predicted molar refractivity (Wildman–Crippen MR) is 107 cm³/mol. The van der Waals surface area contributed by atoms with Crippen LogP contribution in [0, 0.1) is 28.0 Å². The molecule has 2 aromatic rings. The zero-order chi connectivity index (χ0) is 21.3. The number of pyridine rings is 1. The number of fused-ring (bicyclic) bond motifs is 1. The summed E-state index contributed by atoms with van der Waals surface area (Å²) in [5.41, 5.74) is 0.465. The van der Waals surface area contributed by atoms with Gasteiger partial charge in [-0.2, -0.15) is 9.65 Å². The van der Waals surface area contributed by atoms with Crippen molar-refractivity contribution in [3.63, 3.8) is 0 Å². The van der Waals surface area contributed by atoms with E-state index < -0.39 is 21.8 Å². The molecule has 1 amide bonds. The van der Waals surface area contributed by atoms with Crippen LogP contribution in [0.15, 0.2) is 29.3 Å². The lowest BCUT2D eigenvalue weighted by molar-refractivity contribution is 0.101. The number of nitrogens with one attached hydrogen (secondary N) is 3. The van der Waals surface area contributed by atoms with Crippen LogP contribution in [0.3, 0.4) is 0 Å². The molecule has 1 unspecified atom stereocenters. The van der Waals surface area contributed by atoms with Crippen molar-refractivity contribution >= 4 is 27.6 Å². The predicted octanol–water partition coefficient (Wildman–Crippen LogP) is 3.03. The van der Waals surface area contributed by atoms with Crippen LogP contribution < -0.4 is 10.0 Å². The fourth-order valence-corrected chi connectivity index (χ4v) is 4.78. The lowest BCUT2D eigenvalue weighted by Gasteiger charge is -2.17. The molecule has 10 heteroatoms. The average molecular weight is 416 g/mol. The molecular weight excluding hydrogens is 395 g/mol. The van der Waals surface area contributed by atoms with Gasteiger partial charge in [-0.1, -0.05) is 26.0 Å². The first-order chi connectivity index (χ1) is 13.6. The maximum Gasteiger partial charge on any atom is 0.272 e. The van der Waals surface area contributed by atoms with Gasteiger partial charge >= 0.3 is 0 Å². The summed E-state index contributed by atoms with van der Waals surface area (Å²) in [5, 5.41) is 11.5. The van der Waals surface area contributed by atoms with Crippen LogP contribution >= 0.6 is 0 Å². The average Bonchev–Trinajstić information content (AvgIpc) is 2.90. The molecular formula is C19H21FN6O2S. The van der Waals surface area contributed by atoms with Crippen LogP contribution in [0.5, 0.6) is 0 Å². The SMILES string of the molecule is CC(C)C[C@H]1C=Cc2c(cn(C)c2C(=O)Nc2cc(F)nc(C#N)c2)S(=N)(=O)N1. The van der Waals surface area contributed by atoms with Gasteiger partial charge in [-0.05, 0) is 18.4 Å². The van der Waals surface area contributed by atoms with E-state index in [2.05, 4.69) is 15.0 Å². The van der Waals surface area contributed by atoms with Crippen LogP contribution in [-0.4, -0.2) is 25.7 Å². The normalized spacial score (nSPS) is 20.8. The third-order valence-corrected chi connectivity index (χ3v) is 5.99. The van der Waals surface area contributed by atoms with Gasteiger partial charge in [0.1, 0.15) is 27.4 Å². The van der Waals surface area contributed by atoms with Crippen LogP contribution in [-0.2, 0) is 17.0 Å². The number of hydrogen-bond donors (Lipinski definition) is 3. The van der Waals surface area contributed by atoms with Gasteiger partial charge < -0.3 is 9.88 Å². The first kappa shape index (κ1) is 20.7. The summed E-state index contributed by atoms with van der Waals surface area (Å²) in [5.74, 6) is -1.14. The summed E-state index contributed by atoms with van der Waals surface area (Å²) < 4.78 is 39.2. The Morgan fingerprint density at radius 1 is 1.52 bits per heavy atom. The largest absolute Gasteiger partial charge is 0.345 e. The number of aromatic nitrogens is 2. The highest BCUT2D eigenvalue weighted by molar-refractivity contribution is 7.90. The topological polar surface area (TPSA) is 124 Å². The van der Waals surface area contributed by atoms with Crippen molar-refractivity contribution in [2.24, 2.45) is 13.0 Å². The van der Waals surface area contributed by atoms with E-state index in [1.54, 1.807) is 25.3 Å². The molecule has 3 rings (SSSR count). The minimum Gasteiger partial charge on any atom is -0.345 e. The molecule has 0 aromatic carbocycles. The highest BCUT2D eigenvalue weighted by atomic mass is 32.2. The number of rotatable bonds is 4. The van der Waals surface area contributed by atoms with E-state index in [1.807, 2.05) is 13.8 Å². The van der Waals surface area contributed by atoms with Crippen molar-refractivity contribution < 1.29 is 13.4 Å². The summed E-state index contributed by atoms with van der Waals surface area (Å²) in [4.78, 5) is 16.5. The number of nitrogens with zero attached hydrogens (tertiary/aromatic N) is 3. The molecule has 0 saturated carbocycles. The summed E-state index contributed by atoms with van der Waals surface area (Å²) in [6.07, 6.45) is 5.68. The lowest BCUT2D eigenvalue weighted by atomic mass is 10.0. The number of nitriles is 1. The Labute approximate surface area is 168 Å². The van der Waals surface area contributed by atoms with Gasteiger partial charge in [0, 0.05) is 36.6 Å². The Bertz CT molecular complexity index is 1140. The molecule has 152 valence electrons. The number of carbonyl (C=O) groups is 1. The molecule has 1 aliphatic rings. The second-order valence-corrected chi connectivity index (χ2v) is 9.05.